The molecule has 0 aliphatic heterocycles. The molecule has 5 heteroatoms. The van der Waals surface area contributed by atoms with Crippen molar-refractivity contribution in [3.63, 3.8) is 0 Å². The normalized spacial score (nSPS) is 10.9. The summed E-state index contributed by atoms with van der Waals surface area (Å²) in [5, 5.41) is 18.6. The minimum atomic E-state index is 0.0350. The highest BCUT2D eigenvalue weighted by Gasteiger charge is 2.04. The predicted octanol–water partition coefficient (Wildman–Crippen LogP) is 6.04. The number of phenolic OH excluding ortho intramolecular Hbond substituents is 1. The molecule has 0 aliphatic carbocycles. The van der Waals surface area contributed by atoms with Crippen LogP contribution in [-0.4, -0.2) is 5.11 Å². The maximum Gasteiger partial charge on any atom is 0.143 e. The van der Waals surface area contributed by atoms with Crippen LogP contribution < -0.4 is 4.74 Å². The SMILES string of the molecule is Oc1ccc(OCc2ccccc2)cc1N=Nc1cccc(Cl)c1. The Balaban J connectivity index is 1.74. The van der Waals surface area contributed by atoms with Gasteiger partial charge in [-0.15, -0.1) is 5.11 Å². The first-order valence-electron chi connectivity index (χ1n) is 7.38. The highest BCUT2D eigenvalue weighted by atomic mass is 35.5. The third kappa shape index (κ3) is 4.33. The zero-order valence-corrected chi connectivity index (χ0v) is 13.5. The second-order valence-corrected chi connectivity index (χ2v) is 5.54. The van der Waals surface area contributed by atoms with Gasteiger partial charge in [-0.25, -0.2) is 0 Å². The van der Waals surface area contributed by atoms with Crippen LogP contribution >= 0.6 is 11.6 Å². The lowest BCUT2D eigenvalue weighted by Gasteiger charge is -2.07. The number of halogens is 1. The Morgan fingerprint density at radius 1 is 0.875 bits per heavy atom. The molecule has 0 unspecified atom stereocenters. The zero-order valence-electron chi connectivity index (χ0n) is 12.8. The van der Waals surface area contributed by atoms with Gasteiger partial charge in [0.2, 0.25) is 0 Å². The lowest BCUT2D eigenvalue weighted by Crippen LogP contribution is -1.94. The molecule has 0 atom stereocenters. The Labute approximate surface area is 145 Å². The average Bonchev–Trinajstić information content (AvgIpc) is 2.61. The van der Waals surface area contributed by atoms with Crippen LogP contribution in [0.25, 0.3) is 0 Å². The molecule has 0 bridgehead atoms. The molecular weight excluding hydrogens is 324 g/mol. The number of azo groups is 1. The number of benzene rings is 3. The average molecular weight is 339 g/mol. The van der Waals surface area contributed by atoms with Gasteiger partial charge in [-0.05, 0) is 35.9 Å². The van der Waals surface area contributed by atoms with Crippen LogP contribution in [0.1, 0.15) is 5.56 Å². The highest BCUT2D eigenvalue weighted by molar-refractivity contribution is 6.30. The van der Waals surface area contributed by atoms with Gasteiger partial charge in [-0.2, -0.15) is 5.11 Å². The van der Waals surface area contributed by atoms with Crippen molar-refractivity contribution in [2.75, 3.05) is 0 Å². The molecule has 0 saturated heterocycles. The van der Waals surface area contributed by atoms with Crippen molar-refractivity contribution in [2.45, 2.75) is 6.61 Å². The summed E-state index contributed by atoms with van der Waals surface area (Å²) in [6, 6.07) is 21.7. The summed E-state index contributed by atoms with van der Waals surface area (Å²) in [7, 11) is 0. The smallest absolute Gasteiger partial charge is 0.143 e. The molecule has 24 heavy (non-hydrogen) atoms. The molecule has 0 aliphatic rings. The Kier molecular flexibility index (Phi) is 5.08. The van der Waals surface area contributed by atoms with Gasteiger partial charge >= 0.3 is 0 Å². The summed E-state index contributed by atoms with van der Waals surface area (Å²) in [5.41, 5.74) is 2.01. The Bertz CT molecular complexity index is 851. The van der Waals surface area contributed by atoms with Crippen LogP contribution in [0.3, 0.4) is 0 Å². The number of aromatic hydroxyl groups is 1. The van der Waals surface area contributed by atoms with E-state index in [1.165, 1.54) is 6.07 Å². The van der Waals surface area contributed by atoms with Crippen molar-refractivity contribution < 1.29 is 9.84 Å². The molecular formula is C19H15ClN2O2. The van der Waals surface area contributed by atoms with Crippen LogP contribution in [-0.2, 0) is 6.61 Å². The van der Waals surface area contributed by atoms with E-state index < -0.39 is 0 Å². The number of rotatable bonds is 5. The topological polar surface area (TPSA) is 54.2 Å². The fraction of sp³-hybridized carbons (Fsp3) is 0.0526. The van der Waals surface area contributed by atoms with Crippen LogP contribution in [0.4, 0.5) is 11.4 Å². The summed E-state index contributed by atoms with van der Waals surface area (Å²) >= 11 is 5.91. The molecule has 3 aromatic rings. The monoisotopic (exact) mass is 338 g/mol. The van der Waals surface area contributed by atoms with Crippen molar-refractivity contribution in [2.24, 2.45) is 10.2 Å². The van der Waals surface area contributed by atoms with E-state index in [1.807, 2.05) is 30.3 Å². The van der Waals surface area contributed by atoms with Gasteiger partial charge in [-0.1, -0.05) is 48.0 Å². The first-order chi connectivity index (χ1) is 11.7. The molecule has 0 radical (unpaired) electrons. The molecule has 0 saturated carbocycles. The quantitative estimate of drug-likeness (QED) is 0.576. The largest absolute Gasteiger partial charge is 0.506 e. The molecule has 0 amide bonds. The van der Waals surface area contributed by atoms with Crippen LogP contribution in [0.5, 0.6) is 11.5 Å². The summed E-state index contributed by atoms with van der Waals surface area (Å²) < 4.78 is 5.72. The first kappa shape index (κ1) is 16.0. The predicted molar refractivity (Wildman–Crippen MR) is 94.5 cm³/mol. The molecule has 0 fully saturated rings. The van der Waals surface area contributed by atoms with Gasteiger partial charge in [0.05, 0.1) is 5.69 Å². The summed E-state index contributed by atoms with van der Waals surface area (Å²) in [5.74, 6) is 0.643. The third-order valence-corrected chi connectivity index (χ3v) is 3.51. The van der Waals surface area contributed by atoms with Gasteiger partial charge in [0.1, 0.15) is 23.8 Å². The summed E-state index contributed by atoms with van der Waals surface area (Å²) in [4.78, 5) is 0. The maximum atomic E-state index is 9.92. The van der Waals surface area contributed by atoms with Gasteiger partial charge in [0.25, 0.3) is 0 Å². The number of ether oxygens (including phenoxy) is 1. The van der Waals surface area contributed by atoms with E-state index in [2.05, 4.69) is 10.2 Å². The molecule has 0 spiro atoms. The van der Waals surface area contributed by atoms with E-state index in [9.17, 15) is 5.11 Å². The Morgan fingerprint density at radius 2 is 1.71 bits per heavy atom. The summed E-state index contributed by atoms with van der Waals surface area (Å²) in [6.45, 7) is 0.441. The Hall–Kier alpha value is -2.85. The van der Waals surface area contributed by atoms with Gasteiger partial charge < -0.3 is 9.84 Å². The maximum absolute atomic E-state index is 9.92. The summed E-state index contributed by atoms with van der Waals surface area (Å²) in [6.07, 6.45) is 0. The van der Waals surface area contributed by atoms with Crippen LogP contribution in [0.2, 0.25) is 5.02 Å². The molecule has 3 aromatic carbocycles. The molecule has 120 valence electrons. The number of phenols is 1. The van der Waals surface area contributed by atoms with E-state index in [4.69, 9.17) is 16.3 Å². The zero-order chi connectivity index (χ0) is 16.8. The van der Waals surface area contributed by atoms with E-state index in [0.717, 1.165) is 5.56 Å². The van der Waals surface area contributed by atoms with Gasteiger partial charge in [0.15, 0.2) is 0 Å². The number of hydrogen-bond acceptors (Lipinski definition) is 4. The second-order valence-electron chi connectivity index (χ2n) is 5.10. The van der Waals surface area contributed by atoms with Crippen molar-refractivity contribution in [3.8, 4) is 11.5 Å². The molecule has 0 aromatic heterocycles. The van der Waals surface area contributed by atoms with E-state index in [0.29, 0.717) is 28.8 Å². The minimum Gasteiger partial charge on any atom is -0.506 e. The lowest BCUT2D eigenvalue weighted by molar-refractivity contribution is 0.306. The highest BCUT2D eigenvalue weighted by Crippen LogP contribution is 2.32. The van der Waals surface area contributed by atoms with Gasteiger partial charge in [-0.3, -0.25) is 0 Å². The number of hydrogen-bond donors (Lipinski definition) is 1. The van der Waals surface area contributed by atoms with Crippen molar-refractivity contribution in [1.82, 2.24) is 0 Å². The first-order valence-corrected chi connectivity index (χ1v) is 7.75. The van der Waals surface area contributed by atoms with Crippen molar-refractivity contribution in [1.29, 1.82) is 0 Å². The molecule has 1 N–H and O–H groups in total. The van der Waals surface area contributed by atoms with Crippen LogP contribution in [0, 0.1) is 0 Å². The molecule has 0 heterocycles. The lowest BCUT2D eigenvalue weighted by atomic mass is 10.2. The van der Waals surface area contributed by atoms with E-state index >= 15 is 0 Å². The van der Waals surface area contributed by atoms with Gasteiger partial charge in [0, 0.05) is 11.1 Å². The third-order valence-electron chi connectivity index (χ3n) is 3.28. The van der Waals surface area contributed by atoms with E-state index in [-0.39, 0.29) is 5.75 Å². The fourth-order valence-corrected chi connectivity index (χ4v) is 2.25. The Morgan fingerprint density at radius 3 is 2.50 bits per heavy atom. The van der Waals surface area contributed by atoms with Crippen molar-refractivity contribution in [3.05, 3.63) is 83.4 Å². The van der Waals surface area contributed by atoms with Crippen LogP contribution in [0.15, 0.2) is 83.0 Å². The second kappa shape index (κ2) is 7.62. The number of nitrogens with zero attached hydrogens (tertiary/aromatic N) is 2. The minimum absolute atomic E-state index is 0.0350. The molecule has 4 nitrogen and oxygen atoms in total. The van der Waals surface area contributed by atoms with E-state index in [1.54, 1.807) is 36.4 Å². The standard InChI is InChI=1S/C19H15ClN2O2/c20-15-7-4-8-16(11-15)21-22-18-12-17(9-10-19(18)23)24-13-14-5-2-1-3-6-14/h1-12,23H,13H2. The fourth-order valence-electron chi connectivity index (χ4n) is 2.06. The van der Waals surface area contributed by atoms with Crippen molar-refractivity contribution >= 4 is 23.0 Å². The molecule has 3 rings (SSSR count).